The van der Waals surface area contributed by atoms with Gasteiger partial charge in [0.15, 0.2) is 17.0 Å². The third-order valence-corrected chi connectivity index (χ3v) is 2.79. The summed E-state index contributed by atoms with van der Waals surface area (Å²) in [6, 6.07) is 14.6. The molecule has 0 saturated heterocycles. The molecule has 0 aliphatic carbocycles. The Bertz CT molecular complexity index is 906. The maximum absolute atomic E-state index is 10.8. The Hall–Kier alpha value is -3.02. The summed E-state index contributed by atoms with van der Waals surface area (Å²) in [4.78, 5) is 10.8. The molecule has 24 heavy (non-hydrogen) atoms. The molecule has 2 heterocycles. The predicted molar refractivity (Wildman–Crippen MR) is 98.0 cm³/mol. The van der Waals surface area contributed by atoms with E-state index in [4.69, 9.17) is 14.8 Å². The molecule has 6 nitrogen and oxygen atoms in total. The summed E-state index contributed by atoms with van der Waals surface area (Å²) in [7, 11) is 0. The highest BCUT2D eigenvalue weighted by molar-refractivity contribution is 5.86. The lowest BCUT2D eigenvalue weighted by atomic mass is 10.2. The average molecular weight is 329 g/mol. The van der Waals surface area contributed by atoms with Crippen LogP contribution in [0.3, 0.4) is 0 Å². The molecule has 0 atom stereocenters. The van der Waals surface area contributed by atoms with Gasteiger partial charge in [-0.25, -0.2) is 0 Å². The van der Waals surface area contributed by atoms with Gasteiger partial charge in [0.2, 0.25) is 0 Å². The second-order valence-corrected chi connectivity index (χ2v) is 4.09. The first-order chi connectivity index (χ1) is 11.8. The lowest BCUT2D eigenvalue weighted by Crippen LogP contribution is -1.95. The van der Waals surface area contributed by atoms with Gasteiger partial charge >= 0.3 is 0 Å². The molecule has 0 saturated carbocycles. The minimum atomic E-state index is -0.171. The number of nitrogens with zero attached hydrogens (tertiary/aromatic N) is 1. The van der Waals surface area contributed by atoms with Gasteiger partial charge in [0.05, 0.1) is 10.8 Å². The second kappa shape index (κ2) is 9.89. The van der Waals surface area contributed by atoms with E-state index in [0.717, 1.165) is 11.0 Å². The number of aromatic amines is 1. The molecule has 0 amide bonds. The highest BCUT2D eigenvalue weighted by Gasteiger charge is 2.00. The van der Waals surface area contributed by atoms with E-state index < -0.39 is 0 Å². The maximum Gasteiger partial charge on any atom is 0.287 e. The Morgan fingerprint density at radius 1 is 0.875 bits per heavy atom. The van der Waals surface area contributed by atoms with E-state index in [1.165, 1.54) is 0 Å². The van der Waals surface area contributed by atoms with Crippen molar-refractivity contribution >= 4 is 27.8 Å². The zero-order chi connectivity index (χ0) is 17.9. The molecular weight excluding hydrogens is 306 g/mol. The third-order valence-electron chi connectivity index (χ3n) is 2.79. The lowest BCUT2D eigenvalue weighted by molar-refractivity contribution is 0.449. The number of fused-ring (bicyclic) bond motifs is 2. The van der Waals surface area contributed by atoms with Crippen LogP contribution in [0.2, 0.25) is 0 Å². The van der Waals surface area contributed by atoms with Crippen molar-refractivity contribution in [1.82, 2.24) is 10.3 Å². The molecule has 0 radical (unpaired) electrons. The molecule has 4 aromatic rings. The number of nitrogens with one attached hydrogen (secondary N) is 1. The van der Waals surface area contributed by atoms with Crippen LogP contribution >= 0.6 is 0 Å². The molecule has 0 aliphatic heterocycles. The molecule has 3 N–H and O–H groups in total. The monoisotopic (exact) mass is 329 g/mol. The van der Waals surface area contributed by atoms with Crippen molar-refractivity contribution in [2.45, 2.75) is 27.7 Å². The maximum atomic E-state index is 10.8. The number of H-pyrrole nitrogens is 1. The smallest absolute Gasteiger partial charge is 0.287 e. The van der Waals surface area contributed by atoms with E-state index in [1.54, 1.807) is 18.2 Å². The van der Waals surface area contributed by atoms with Crippen molar-refractivity contribution in [3.05, 3.63) is 58.9 Å². The van der Waals surface area contributed by atoms with Gasteiger partial charge in [0.1, 0.15) is 0 Å². The van der Waals surface area contributed by atoms with Crippen molar-refractivity contribution in [2.24, 2.45) is 0 Å². The molecule has 128 valence electrons. The van der Waals surface area contributed by atoms with Crippen LogP contribution in [0.5, 0.6) is 0 Å². The van der Waals surface area contributed by atoms with Crippen LogP contribution < -0.4 is 11.3 Å². The van der Waals surface area contributed by atoms with Gasteiger partial charge < -0.3 is 14.8 Å². The Balaban J connectivity index is 0.000000199. The van der Waals surface area contributed by atoms with E-state index in [2.05, 4.69) is 10.3 Å². The van der Waals surface area contributed by atoms with Gasteiger partial charge in [-0.1, -0.05) is 57.1 Å². The Morgan fingerprint density at radius 2 is 1.42 bits per heavy atom. The fourth-order valence-corrected chi connectivity index (χ4v) is 1.80. The van der Waals surface area contributed by atoms with Crippen LogP contribution in [-0.4, -0.2) is 10.3 Å². The van der Waals surface area contributed by atoms with Crippen molar-refractivity contribution in [3.63, 3.8) is 0 Å². The summed E-state index contributed by atoms with van der Waals surface area (Å²) in [5.74, 6) is 0.454. The van der Waals surface area contributed by atoms with Crippen LogP contribution in [-0.2, 0) is 0 Å². The number of nitrogens with two attached hydrogens (primary N) is 1. The van der Waals surface area contributed by atoms with Crippen molar-refractivity contribution < 1.29 is 9.05 Å². The van der Waals surface area contributed by atoms with Crippen molar-refractivity contribution in [1.29, 1.82) is 0 Å². The van der Waals surface area contributed by atoms with Gasteiger partial charge in [-0.15, -0.1) is 0 Å². The minimum Gasteiger partial charge on any atom is -0.380 e. The highest BCUT2D eigenvalue weighted by atomic mass is 16.5. The quantitative estimate of drug-likeness (QED) is 0.492. The summed E-state index contributed by atoms with van der Waals surface area (Å²) in [5, 5.41) is 7.32. The molecule has 0 bridgehead atoms. The fourth-order valence-electron chi connectivity index (χ4n) is 1.80. The fraction of sp³-hybridized carbons (Fsp3) is 0.222. The zero-order valence-corrected chi connectivity index (χ0v) is 14.4. The predicted octanol–water partition coefficient (Wildman–Crippen LogP) is 4.58. The molecule has 0 fully saturated rings. The zero-order valence-electron chi connectivity index (χ0n) is 14.4. The lowest BCUT2D eigenvalue weighted by Gasteiger charge is -1.82. The Labute approximate surface area is 140 Å². The van der Waals surface area contributed by atoms with E-state index in [9.17, 15) is 4.79 Å². The van der Waals surface area contributed by atoms with Crippen LogP contribution in [0, 0.1) is 0 Å². The average Bonchev–Trinajstić information content (AvgIpc) is 3.23. The van der Waals surface area contributed by atoms with Crippen molar-refractivity contribution in [3.8, 4) is 0 Å². The largest absolute Gasteiger partial charge is 0.380 e. The molecular formula is C18H23N3O3. The SMILES string of the molecule is CC.CC.Nc1noc2ccccc12.O=c1[nH]oc2ccccc12. The number of benzene rings is 2. The van der Waals surface area contributed by atoms with E-state index >= 15 is 0 Å². The number of para-hydroxylation sites is 2. The van der Waals surface area contributed by atoms with Crippen LogP contribution in [0.15, 0.2) is 62.4 Å². The first kappa shape index (κ1) is 19.0. The van der Waals surface area contributed by atoms with Gasteiger partial charge in [-0.05, 0) is 24.3 Å². The number of rotatable bonds is 0. The first-order valence-corrected chi connectivity index (χ1v) is 7.92. The summed E-state index contributed by atoms with van der Waals surface area (Å²) < 4.78 is 9.68. The first-order valence-electron chi connectivity index (χ1n) is 7.92. The molecule has 0 aliphatic rings. The third kappa shape index (κ3) is 4.49. The van der Waals surface area contributed by atoms with Gasteiger partial charge in [-0.3, -0.25) is 4.79 Å². The van der Waals surface area contributed by atoms with Gasteiger partial charge in [0.25, 0.3) is 5.56 Å². The van der Waals surface area contributed by atoms with Gasteiger partial charge in [-0.2, -0.15) is 5.16 Å². The molecule has 2 aromatic carbocycles. The number of anilines is 1. The minimum absolute atomic E-state index is 0.171. The molecule has 4 rings (SSSR count). The number of hydrogen-bond donors (Lipinski definition) is 2. The van der Waals surface area contributed by atoms with Crippen molar-refractivity contribution in [2.75, 3.05) is 5.73 Å². The van der Waals surface area contributed by atoms with E-state index in [-0.39, 0.29) is 5.56 Å². The summed E-state index contributed by atoms with van der Waals surface area (Å²) in [6.45, 7) is 8.00. The normalized spacial score (nSPS) is 9.17. The van der Waals surface area contributed by atoms with Crippen LogP contribution in [0.1, 0.15) is 27.7 Å². The highest BCUT2D eigenvalue weighted by Crippen LogP contribution is 2.18. The molecule has 0 unspecified atom stereocenters. The molecule has 0 spiro atoms. The molecule has 6 heteroatoms. The molecule has 2 aromatic heterocycles. The summed E-state index contributed by atoms with van der Waals surface area (Å²) >= 11 is 0. The van der Waals surface area contributed by atoms with Crippen LogP contribution in [0.25, 0.3) is 21.9 Å². The Morgan fingerprint density at radius 3 is 2.00 bits per heavy atom. The summed E-state index contributed by atoms with van der Waals surface area (Å²) in [6.07, 6.45) is 0. The summed E-state index contributed by atoms with van der Waals surface area (Å²) in [5.41, 5.74) is 6.64. The standard InChI is InChI=1S/C7H6N2O.C7H5NO2.2C2H6/c8-7-5-3-1-2-4-6(5)10-9-7;9-7-5-3-1-2-4-6(5)10-8-7;2*1-2/h1-4H,(H2,8,9);1-4H,(H,8,9);2*1-2H3. The Kier molecular flexibility index (Phi) is 7.84. The van der Waals surface area contributed by atoms with Gasteiger partial charge in [0, 0.05) is 0 Å². The second-order valence-electron chi connectivity index (χ2n) is 4.09. The number of nitrogen functional groups attached to an aromatic ring is 1. The number of hydrogen-bond acceptors (Lipinski definition) is 5. The van der Waals surface area contributed by atoms with Crippen LogP contribution in [0.4, 0.5) is 5.82 Å². The van der Waals surface area contributed by atoms with E-state index in [1.807, 2.05) is 58.0 Å². The van der Waals surface area contributed by atoms with E-state index in [0.29, 0.717) is 16.8 Å². The topological polar surface area (TPSA) is 98.0 Å². The number of aromatic nitrogens is 2.